The van der Waals surface area contributed by atoms with E-state index in [1.165, 1.54) is 7.11 Å². The second-order valence-corrected chi connectivity index (χ2v) is 5.74. The van der Waals surface area contributed by atoms with Crippen molar-refractivity contribution in [3.63, 3.8) is 0 Å². The molecule has 0 unspecified atom stereocenters. The topological polar surface area (TPSA) is 179 Å². The van der Waals surface area contributed by atoms with Crippen LogP contribution in [-0.2, 0) is 18.9 Å². The van der Waals surface area contributed by atoms with E-state index in [1.807, 2.05) is 0 Å². The molecule has 0 aromatic rings. The lowest BCUT2D eigenvalue weighted by atomic mass is 9.97. The fourth-order valence-electron chi connectivity index (χ4n) is 2.75. The SMILES string of the molecule is CO[C@@H]1O[C@@H](CO)[C@@H](O[C@@H]2O[C@@H](CO)[C@@H](O)[C@@H](O)[C@H]2O)[C@@H](O)[C@@H]1O. The third-order valence-electron chi connectivity index (χ3n) is 4.19. The highest BCUT2D eigenvalue weighted by Gasteiger charge is 2.50. The predicted molar refractivity (Wildman–Crippen MR) is 73.4 cm³/mol. The molecule has 11 heteroatoms. The van der Waals surface area contributed by atoms with Crippen LogP contribution in [0.1, 0.15) is 0 Å². The summed E-state index contributed by atoms with van der Waals surface area (Å²) < 4.78 is 20.6. The zero-order valence-corrected chi connectivity index (χ0v) is 13.0. The maximum atomic E-state index is 10.2. The first-order valence-corrected chi connectivity index (χ1v) is 7.46. The van der Waals surface area contributed by atoms with Crippen molar-refractivity contribution in [2.75, 3.05) is 20.3 Å². The van der Waals surface area contributed by atoms with E-state index in [0.717, 1.165) is 0 Å². The van der Waals surface area contributed by atoms with Crippen LogP contribution in [0, 0.1) is 0 Å². The molecule has 0 aromatic heterocycles. The van der Waals surface area contributed by atoms with Gasteiger partial charge >= 0.3 is 0 Å². The van der Waals surface area contributed by atoms with Crippen LogP contribution in [-0.4, -0.2) is 117 Å². The van der Waals surface area contributed by atoms with E-state index in [1.54, 1.807) is 0 Å². The summed E-state index contributed by atoms with van der Waals surface area (Å²) in [4.78, 5) is 0. The van der Waals surface area contributed by atoms with Gasteiger partial charge in [0, 0.05) is 7.11 Å². The molecule has 2 aliphatic heterocycles. The molecule has 0 spiro atoms. The first-order valence-electron chi connectivity index (χ1n) is 7.46. The zero-order valence-electron chi connectivity index (χ0n) is 13.0. The van der Waals surface area contributed by atoms with Crippen molar-refractivity contribution in [3.8, 4) is 0 Å². The lowest BCUT2D eigenvalue weighted by molar-refractivity contribution is -0.357. The number of hydrogen-bond acceptors (Lipinski definition) is 11. The van der Waals surface area contributed by atoms with Crippen LogP contribution >= 0.6 is 0 Å². The zero-order chi connectivity index (χ0) is 18.0. The number of aliphatic hydroxyl groups is 7. The Morgan fingerprint density at radius 3 is 1.79 bits per heavy atom. The summed E-state index contributed by atoms with van der Waals surface area (Å²) >= 11 is 0. The molecule has 2 aliphatic rings. The highest BCUT2D eigenvalue weighted by molar-refractivity contribution is 4.93. The van der Waals surface area contributed by atoms with E-state index in [-0.39, 0.29) is 0 Å². The van der Waals surface area contributed by atoms with Crippen molar-refractivity contribution >= 4 is 0 Å². The molecular formula is C13H24O11. The van der Waals surface area contributed by atoms with Gasteiger partial charge in [0.25, 0.3) is 0 Å². The highest BCUT2D eigenvalue weighted by atomic mass is 16.7. The summed E-state index contributed by atoms with van der Waals surface area (Å²) in [5.41, 5.74) is 0. The Bertz CT molecular complexity index is 392. The van der Waals surface area contributed by atoms with Crippen molar-refractivity contribution in [2.24, 2.45) is 0 Å². The summed E-state index contributed by atoms with van der Waals surface area (Å²) in [6.07, 6.45) is -14.3. The minimum Gasteiger partial charge on any atom is -0.394 e. The Labute approximate surface area is 137 Å². The molecule has 7 N–H and O–H groups in total. The Kier molecular flexibility index (Phi) is 6.87. The summed E-state index contributed by atoms with van der Waals surface area (Å²) in [6, 6.07) is 0. The van der Waals surface area contributed by atoms with Crippen LogP contribution in [0.25, 0.3) is 0 Å². The van der Waals surface area contributed by atoms with Crippen molar-refractivity contribution in [1.82, 2.24) is 0 Å². The predicted octanol–water partition coefficient (Wildman–Crippen LogP) is -4.74. The van der Waals surface area contributed by atoms with Gasteiger partial charge in [-0.05, 0) is 0 Å². The van der Waals surface area contributed by atoms with Crippen LogP contribution < -0.4 is 0 Å². The minimum atomic E-state index is -1.69. The van der Waals surface area contributed by atoms with Gasteiger partial charge in [-0.25, -0.2) is 0 Å². The first kappa shape index (κ1) is 19.9. The van der Waals surface area contributed by atoms with E-state index >= 15 is 0 Å². The highest BCUT2D eigenvalue weighted by Crippen LogP contribution is 2.29. The van der Waals surface area contributed by atoms with Crippen LogP contribution in [0.3, 0.4) is 0 Å². The maximum Gasteiger partial charge on any atom is 0.187 e. The van der Waals surface area contributed by atoms with Crippen LogP contribution in [0.15, 0.2) is 0 Å². The molecular weight excluding hydrogens is 332 g/mol. The van der Waals surface area contributed by atoms with Gasteiger partial charge in [0.05, 0.1) is 13.2 Å². The van der Waals surface area contributed by atoms with E-state index in [0.29, 0.717) is 0 Å². The third-order valence-corrected chi connectivity index (χ3v) is 4.19. The van der Waals surface area contributed by atoms with E-state index in [9.17, 15) is 30.6 Å². The summed E-state index contributed by atoms with van der Waals surface area (Å²) in [5, 5.41) is 68.0. The normalized spacial score (nSPS) is 50.0. The largest absolute Gasteiger partial charge is 0.394 e. The van der Waals surface area contributed by atoms with Gasteiger partial charge < -0.3 is 54.7 Å². The van der Waals surface area contributed by atoms with E-state index < -0.39 is 74.6 Å². The second kappa shape index (κ2) is 8.29. The Balaban J connectivity index is 2.12. The molecule has 0 aromatic carbocycles. The molecule has 11 nitrogen and oxygen atoms in total. The molecule has 0 saturated carbocycles. The van der Waals surface area contributed by atoms with Gasteiger partial charge in [-0.2, -0.15) is 0 Å². The summed E-state index contributed by atoms with van der Waals surface area (Å²) in [7, 11) is 1.24. The molecule has 2 saturated heterocycles. The van der Waals surface area contributed by atoms with Crippen LogP contribution in [0.4, 0.5) is 0 Å². The van der Waals surface area contributed by atoms with Crippen molar-refractivity contribution < 1.29 is 54.7 Å². The summed E-state index contributed by atoms with van der Waals surface area (Å²) in [6.45, 7) is -1.24. The molecule has 0 bridgehead atoms. The quantitative estimate of drug-likeness (QED) is 0.251. The van der Waals surface area contributed by atoms with Crippen molar-refractivity contribution in [2.45, 2.75) is 61.4 Å². The number of ether oxygens (including phenoxy) is 4. The number of hydrogen-bond donors (Lipinski definition) is 7. The standard InChI is InChI=1S/C13H24O11/c1-21-12-10(20)8(18)11(5(3-15)23-12)24-13-9(19)7(17)6(16)4(2-14)22-13/h4-20H,2-3H2,1H3/t4-,5-,6+,7+,8-,9+,10-,11+,12+,13-/m0/s1. The Hall–Kier alpha value is -0.440. The van der Waals surface area contributed by atoms with Gasteiger partial charge in [-0.15, -0.1) is 0 Å². The lowest BCUT2D eigenvalue weighted by Gasteiger charge is -2.45. The van der Waals surface area contributed by atoms with E-state index in [4.69, 9.17) is 24.1 Å². The molecule has 24 heavy (non-hydrogen) atoms. The lowest BCUT2D eigenvalue weighted by Crippen LogP contribution is -2.64. The van der Waals surface area contributed by atoms with Gasteiger partial charge in [0.1, 0.15) is 48.8 Å². The number of methoxy groups -OCH3 is 1. The Morgan fingerprint density at radius 1 is 0.708 bits per heavy atom. The van der Waals surface area contributed by atoms with Gasteiger partial charge in [0.15, 0.2) is 12.6 Å². The van der Waals surface area contributed by atoms with E-state index in [2.05, 4.69) is 0 Å². The molecule has 2 fully saturated rings. The maximum absolute atomic E-state index is 10.2. The first-order chi connectivity index (χ1) is 11.3. The number of rotatable bonds is 5. The molecule has 142 valence electrons. The van der Waals surface area contributed by atoms with Crippen LogP contribution in [0.2, 0.25) is 0 Å². The average Bonchev–Trinajstić information content (AvgIpc) is 2.59. The average molecular weight is 356 g/mol. The molecule has 0 amide bonds. The molecule has 2 heterocycles. The monoisotopic (exact) mass is 356 g/mol. The van der Waals surface area contributed by atoms with Gasteiger partial charge in [-0.3, -0.25) is 0 Å². The van der Waals surface area contributed by atoms with Crippen molar-refractivity contribution in [3.05, 3.63) is 0 Å². The molecule has 0 radical (unpaired) electrons. The Morgan fingerprint density at radius 2 is 1.25 bits per heavy atom. The minimum absolute atomic E-state index is 0.592. The second-order valence-electron chi connectivity index (χ2n) is 5.74. The fourth-order valence-corrected chi connectivity index (χ4v) is 2.75. The van der Waals surface area contributed by atoms with Crippen LogP contribution in [0.5, 0.6) is 0 Å². The smallest absolute Gasteiger partial charge is 0.187 e. The third kappa shape index (κ3) is 3.71. The number of aliphatic hydroxyl groups excluding tert-OH is 7. The van der Waals surface area contributed by atoms with Gasteiger partial charge in [0.2, 0.25) is 0 Å². The molecule has 10 atom stereocenters. The summed E-state index contributed by atoms with van der Waals surface area (Å²) in [5.74, 6) is 0. The molecule has 0 aliphatic carbocycles. The van der Waals surface area contributed by atoms with Gasteiger partial charge in [-0.1, -0.05) is 0 Å². The van der Waals surface area contributed by atoms with Crippen molar-refractivity contribution in [1.29, 1.82) is 0 Å². The fraction of sp³-hybridized carbons (Fsp3) is 1.00. The molecule has 2 rings (SSSR count).